The number of piperidine rings is 1. The van der Waals surface area contributed by atoms with Crippen molar-refractivity contribution in [1.82, 2.24) is 10.2 Å². The first-order chi connectivity index (χ1) is 10.2. The van der Waals surface area contributed by atoms with Gasteiger partial charge in [-0.3, -0.25) is 4.79 Å². The molecule has 22 heavy (non-hydrogen) atoms. The van der Waals surface area contributed by atoms with E-state index in [9.17, 15) is 9.18 Å². The SMILES string of the molecule is Cl.O=C(C1CCNCC1)N1CCOC(c2ccc(F)cc2)C1. The minimum absolute atomic E-state index is 0. The van der Waals surface area contributed by atoms with Crippen LogP contribution in [0.2, 0.25) is 0 Å². The second-order valence-electron chi connectivity index (χ2n) is 5.72. The van der Waals surface area contributed by atoms with Gasteiger partial charge in [-0.05, 0) is 43.6 Å². The van der Waals surface area contributed by atoms with Gasteiger partial charge in [-0.1, -0.05) is 12.1 Å². The number of benzene rings is 1. The monoisotopic (exact) mass is 328 g/mol. The van der Waals surface area contributed by atoms with Gasteiger partial charge in [0.25, 0.3) is 0 Å². The zero-order valence-electron chi connectivity index (χ0n) is 12.5. The zero-order valence-corrected chi connectivity index (χ0v) is 13.3. The predicted octanol–water partition coefficient (Wildman–Crippen LogP) is 2.15. The summed E-state index contributed by atoms with van der Waals surface area (Å²) in [7, 11) is 0. The lowest BCUT2D eigenvalue weighted by atomic mass is 9.96. The summed E-state index contributed by atoms with van der Waals surface area (Å²) in [6.07, 6.45) is 1.68. The zero-order chi connectivity index (χ0) is 14.7. The number of ether oxygens (including phenoxy) is 1. The van der Waals surface area contributed by atoms with Crippen molar-refractivity contribution in [2.75, 3.05) is 32.8 Å². The summed E-state index contributed by atoms with van der Waals surface area (Å²) in [5.41, 5.74) is 0.930. The van der Waals surface area contributed by atoms with Gasteiger partial charge in [0.15, 0.2) is 0 Å². The van der Waals surface area contributed by atoms with E-state index in [-0.39, 0.29) is 36.2 Å². The quantitative estimate of drug-likeness (QED) is 0.904. The molecule has 1 aromatic rings. The number of nitrogens with one attached hydrogen (secondary N) is 1. The largest absolute Gasteiger partial charge is 0.370 e. The van der Waals surface area contributed by atoms with Gasteiger partial charge in [0.2, 0.25) is 5.91 Å². The van der Waals surface area contributed by atoms with E-state index in [2.05, 4.69) is 5.32 Å². The molecule has 2 aliphatic heterocycles. The van der Waals surface area contributed by atoms with Crippen LogP contribution in [-0.2, 0) is 9.53 Å². The Kier molecular flexibility index (Phi) is 6.17. The maximum Gasteiger partial charge on any atom is 0.225 e. The van der Waals surface area contributed by atoms with Crippen molar-refractivity contribution in [3.05, 3.63) is 35.6 Å². The summed E-state index contributed by atoms with van der Waals surface area (Å²) in [4.78, 5) is 14.5. The number of hydrogen-bond acceptors (Lipinski definition) is 3. The molecular weight excluding hydrogens is 307 g/mol. The highest BCUT2D eigenvalue weighted by atomic mass is 35.5. The van der Waals surface area contributed by atoms with Crippen molar-refractivity contribution in [2.24, 2.45) is 5.92 Å². The normalized spacial score (nSPS) is 23.0. The molecule has 2 aliphatic rings. The Balaban J connectivity index is 0.00000176. The Labute approximate surface area is 136 Å². The number of carbonyl (C=O) groups excluding carboxylic acids is 1. The van der Waals surface area contributed by atoms with Crippen molar-refractivity contribution in [3.8, 4) is 0 Å². The minimum Gasteiger partial charge on any atom is -0.370 e. The average Bonchev–Trinajstić information content (AvgIpc) is 2.56. The Morgan fingerprint density at radius 3 is 2.59 bits per heavy atom. The smallest absolute Gasteiger partial charge is 0.225 e. The summed E-state index contributed by atoms with van der Waals surface area (Å²) < 4.78 is 18.7. The molecule has 1 atom stereocenters. The third-order valence-corrected chi connectivity index (χ3v) is 4.31. The molecule has 0 radical (unpaired) electrons. The Hall–Kier alpha value is -1.17. The van der Waals surface area contributed by atoms with E-state index < -0.39 is 0 Å². The highest BCUT2D eigenvalue weighted by molar-refractivity contribution is 5.85. The molecular formula is C16H22ClFN2O2. The Morgan fingerprint density at radius 1 is 1.23 bits per heavy atom. The Morgan fingerprint density at radius 2 is 1.91 bits per heavy atom. The van der Waals surface area contributed by atoms with Crippen LogP contribution >= 0.6 is 12.4 Å². The second kappa shape index (κ2) is 7.90. The van der Waals surface area contributed by atoms with Gasteiger partial charge in [0.1, 0.15) is 11.9 Å². The number of amides is 1. The third-order valence-electron chi connectivity index (χ3n) is 4.31. The number of rotatable bonds is 2. The highest BCUT2D eigenvalue weighted by Gasteiger charge is 2.30. The van der Waals surface area contributed by atoms with Crippen molar-refractivity contribution < 1.29 is 13.9 Å². The summed E-state index contributed by atoms with van der Waals surface area (Å²) in [6.45, 7) is 3.60. The summed E-state index contributed by atoms with van der Waals surface area (Å²) in [6, 6.07) is 6.34. The van der Waals surface area contributed by atoms with E-state index in [4.69, 9.17) is 4.74 Å². The molecule has 2 saturated heterocycles. The molecule has 122 valence electrons. The summed E-state index contributed by atoms with van der Waals surface area (Å²) in [5.74, 6) is 0.127. The van der Waals surface area contributed by atoms with Gasteiger partial charge in [-0.15, -0.1) is 12.4 Å². The van der Waals surface area contributed by atoms with Gasteiger partial charge in [-0.2, -0.15) is 0 Å². The van der Waals surface area contributed by atoms with E-state index in [1.165, 1.54) is 12.1 Å². The molecule has 0 bridgehead atoms. The van der Waals surface area contributed by atoms with Crippen molar-refractivity contribution in [1.29, 1.82) is 0 Å². The average molecular weight is 329 g/mol. The van der Waals surface area contributed by atoms with E-state index in [0.29, 0.717) is 19.7 Å². The van der Waals surface area contributed by atoms with Crippen LogP contribution in [-0.4, -0.2) is 43.6 Å². The predicted molar refractivity (Wildman–Crippen MR) is 84.5 cm³/mol. The highest BCUT2D eigenvalue weighted by Crippen LogP contribution is 2.25. The summed E-state index contributed by atoms with van der Waals surface area (Å²) in [5, 5.41) is 3.28. The van der Waals surface area contributed by atoms with Crippen LogP contribution in [0.4, 0.5) is 4.39 Å². The van der Waals surface area contributed by atoms with Crippen LogP contribution in [0, 0.1) is 11.7 Å². The van der Waals surface area contributed by atoms with Crippen LogP contribution in [0.3, 0.4) is 0 Å². The number of halogens is 2. The van der Waals surface area contributed by atoms with Crippen molar-refractivity contribution in [2.45, 2.75) is 18.9 Å². The minimum atomic E-state index is -0.253. The van der Waals surface area contributed by atoms with Crippen molar-refractivity contribution in [3.63, 3.8) is 0 Å². The molecule has 3 rings (SSSR count). The maximum absolute atomic E-state index is 13.0. The maximum atomic E-state index is 13.0. The molecule has 2 fully saturated rings. The van der Waals surface area contributed by atoms with Crippen LogP contribution in [0.15, 0.2) is 24.3 Å². The molecule has 1 aromatic carbocycles. The number of carbonyl (C=O) groups is 1. The van der Waals surface area contributed by atoms with Gasteiger partial charge in [-0.25, -0.2) is 4.39 Å². The third kappa shape index (κ3) is 3.97. The lowest BCUT2D eigenvalue weighted by Crippen LogP contribution is -2.47. The standard InChI is InChI=1S/C16H21FN2O2.ClH/c17-14-3-1-12(2-4-14)15-11-19(9-10-21-15)16(20)13-5-7-18-8-6-13;/h1-4,13,15,18H,5-11H2;1H. The fraction of sp³-hybridized carbons (Fsp3) is 0.562. The van der Waals surface area contributed by atoms with E-state index >= 15 is 0 Å². The number of hydrogen-bond donors (Lipinski definition) is 1. The lowest BCUT2D eigenvalue weighted by Gasteiger charge is -2.36. The molecule has 1 amide bonds. The van der Waals surface area contributed by atoms with Crippen LogP contribution in [0.5, 0.6) is 0 Å². The van der Waals surface area contributed by atoms with E-state index in [1.54, 1.807) is 12.1 Å². The first-order valence-corrected chi connectivity index (χ1v) is 7.60. The summed E-state index contributed by atoms with van der Waals surface area (Å²) >= 11 is 0. The topological polar surface area (TPSA) is 41.6 Å². The first kappa shape index (κ1) is 17.2. The fourth-order valence-corrected chi connectivity index (χ4v) is 3.06. The number of morpholine rings is 1. The van der Waals surface area contributed by atoms with E-state index in [1.807, 2.05) is 4.90 Å². The molecule has 0 saturated carbocycles. The van der Waals surface area contributed by atoms with Gasteiger partial charge in [0.05, 0.1) is 13.2 Å². The second-order valence-corrected chi connectivity index (χ2v) is 5.72. The molecule has 0 spiro atoms. The Bertz CT molecular complexity index is 491. The first-order valence-electron chi connectivity index (χ1n) is 7.60. The van der Waals surface area contributed by atoms with Crippen molar-refractivity contribution >= 4 is 18.3 Å². The lowest BCUT2D eigenvalue weighted by molar-refractivity contribution is -0.144. The number of nitrogens with zero attached hydrogens (tertiary/aromatic N) is 1. The van der Waals surface area contributed by atoms with Gasteiger partial charge >= 0.3 is 0 Å². The molecule has 0 aliphatic carbocycles. The van der Waals surface area contributed by atoms with Gasteiger partial charge < -0.3 is 15.0 Å². The van der Waals surface area contributed by atoms with E-state index in [0.717, 1.165) is 31.5 Å². The molecule has 1 N–H and O–H groups in total. The molecule has 6 heteroatoms. The van der Waals surface area contributed by atoms with Gasteiger partial charge in [0, 0.05) is 12.5 Å². The fourth-order valence-electron chi connectivity index (χ4n) is 3.06. The van der Waals surface area contributed by atoms with Crippen LogP contribution in [0.1, 0.15) is 24.5 Å². The molecule has 1 unspecified atom stereocenters. The molecule has 4 nitrogen and oxygen atoms in total. The molecule has 2 heterocycles. The van der Waals surface area contributed by atoms with Crippen LogP contribution < -0.4 is 5.32 Å². The van der Waals surface area contributed by atoms with Crippen LogP contribution in [0.25, 0.3) is 0 Å². The molecule has 0 aromatic heterocycles.